The number of ether oxygens (including phenoxy) is 4. The summed E-state index contributed by atoms with van der Waals surface area (Å²) < 4.78 is 20.3. The third-order valence-corrected chi connectivity index (χ3v) is 2.01. The molecule has 0 atom stereocenters. The smallest absolute Gasteiger partial charge is 0.324 e. The number of hydrogen-bond acceptors (Lipinski definition) is 7. The van der Waals surface area contributed by atoms with E-state index in [1.165, 1.54) is 7.11 Å². The van der Waals surface area contributed by atoms with E-state index in [1.807, 2.05) is 0 Å². The lowest BCUT2D eigenvalue weighted by Gasteiger charge is -2.06. The Hall–Kier alpha value is -1.18. The van der Waals surface area contributed by atoms with Crippen LogP contribution < -0.4 is 9.47 Å². The monoisotopic (exact) mass is 277 g/mol. The third kappa shape index (κ3) is 5.95. The first-order valence-electron chi connectivity index (χ1n) is 5.41. The predicted molar refractivity (Wildman–Crippen MR) is 64.2 cm³/mol. The first-order chi connectivity index (χ1) is 8.76. The average molecular weight is 278 g/mol. The van der Waals surface area contributed by atoms with E-state index in [0.717, 1.165) is 6.42 Å². The van der Waals surface area contributed by atoms with Gasteiger partial charge < -0.3 is 18.9 Å². The zero-order chi connectivity index (χ0) is 13.2. The molecular formula is C10H16ClN3O4. The normalized spacial score (nSPS) is 10.4. The molecular weight excluding hydrogens is 262 g/mol. The minimum atomic E-state index is 0.0258. The summed E-state index contributed by atoms with van der Waals surface area (Å²) in [6.45, 7) is 2.07. The quantitative estimate of drug-likeness (QED) is 0.622. The molecule has 0 saturated carbocycles. The zero-order valence-corrected chi connectivity index (χ0v) is 11.1. The molecule has 0 aromatic carbocycles. The van der Waals surface area contributed by atoms with Crippen LogP contribution in [-0.2, 0) is 9.47 Å². The van der Waals surface area contributed by atoms with Crippen LogP contribution in [0.25, 0.3) is 0 Å². The van der Waals surface area contributed by atoms with Gasteiger partial charge in [0.1, 0.15) is 6.61 Å². The number of hydrogen-bond donors (Lipinski definition) is 0. The summed E-state index contributed by atoms with van der Waals surface area (Å²) in [7, 11) is 3.09. The Balaban J connectivity index is 2.20. The van der Waals surface area contributed by atoms with Crippen molar-refractivity contribution in [3.63, 3.8) is 0 Å². The Morgan fingerprint density at radius 1 is 0.944 bits per heavy atom. The second-order valence-corrected chi connectivity index (χ2v) is 3.52. The molecule has 0 N–H and O–H groups in total. The van der Waals surface area contributed by atoms with Crippen molar-refractivity contribution in [3.8, 4) is 12.0 Å². The summed E-state index contributed by atoms with van der Waals surface area (Å²) >= 11 is 5.66. The van der Waals surface area contributed by atoms with E-state index < -0.39 is 0 Å². The van der Waals surface area contributed by atoms with E-state index in [4.69, 9.17) is 30.5 Å². The highest BCUT2D eigenvalue weighted by molar-refractivity contribution is 6.28. The third-order valence-electron chi connectivity index (χ3n) is 1.85. The van der Waals surface area contributed by atoms with Crippen molar-refractivity contribution in [2.45, 2.75) is 6.42 Å². The van der Waals surface area contributed by atoms with Gasteiger partial charge in [-0.05, 0) is 18.0 Å². The van der Waals surface area contributed by atoms with Gasteiger partial charge >= 0.3 is 12.0 Å². The van der Waals surface area contributed by atoms with Crippen LogP contribution in [0.1, 0.15) is 6.42 Å². The molecule has 1 heterocycles. The van der Waals surface area contributed by atoms with Gasteiger partial charge in [0.15, 0.2) is 0 Å². The van der Waals surface area contributed by atoms with Crippen LogP contribution >= 0.6 is 11.6 Å². The van der Waals surface area contributed by atoms with Crippen LogP contribution in [0.3, 0.4) is 0 Å². The van der Waals surface area contributed by atoms with Crippen molar-refractivity contribution in [1.82, 2.24) is 15.0 Å². The molecule has 0 aliphatic carbocycles. The molecule has 7 nitrogen and oxygen atoms in total. The number of halogens is 1. The van der Waals surface area contributed by atoms with Gasteiger partial charge in [-0.1, -0.05) is 0 Å². The molecule has 1 rings (SSSR count). The molecule has 0 radical (unpaired) electrons. The highest BCUT2D eigenvalue weighted by Gasteiger charge is 2.05. The highest BCUT2D eigenvalue weighted by Crippen LogP contribution is 2.12. The fraction of sp³-hybridized carbons (Fsp3) is 0.700. The molecule has 1 aromatic heterocycles. The van der Waals surface area contributed by atoms with Gasteiger partial charge in [0.25, 0.3) is 0 Å². The van der Waals surface area contributed by atoms with Crippen LogP contribution in [0.5, 0.6) is 12.0 Å². The lowest BCUT2D eigenvalue weighted by Crippen LogP contribution is -2.10. The van der Waals surface area contributed by atoms with Gasteiger partial charge in [0.2, 0.25) is 5.28 Å². The highest BCUT2D eigenvalue weighted by atomic mass is 35.5. The number of aromatic nitrogens is 3. The summed E-state index contributed by atoms with van der Waals surface area (Å²) in [5.41, 5.74) is 0. The molecule has 0 saturated heterocycles. The topological polar surface area (TPSA) is 75.6 Å². The summed E-state index contributed by atoms with van der Waals surface area (Å²) in [6.07, 6.45) is 0.849. The van der Waals surface area contributed by atoms with Crippen molar-refractivity contribution >= 4 is 11.6 Å². The van der Waals surface area contributed by atoms with Gasteiger partial charge in [0.05, 0.1) is 13.7 Å². The molecule has 0 bridgehead atoms. The maximum absolute atomic E-state index is 5.66. The molecule has 0 aliphatic heterocycles. The summed E-state index contributed by atoms with van der Waals surface area (Å²) in [5.74, 6) is 0. The first kappa shape index (κ1) is 14.9. The predicted octanol–water partition coefficient (Wildman–Crippen LogP) is 0.966. The average Bonchev–Trinajstić information content (AvgIpc) is 2.37. The van der Waals surface area contributed by atoms with E-state index in [-0.39, 0.29) is 17.3 Å². The first-order valence-corrected chi connectivity index (χ1v) is 5.79. The fourth-order valence-electron chi connectivity index (χ4n) is 1.07. The van der Waals surface area contributed by atoms with Crippen molar-refractivity contribution in [3.05, 3.63) is 5.28 Å². The summed E-state index contributed by atoms with van der Waals surface area (Å²) in [6, 6.07) is 0.235. The van der Waals surface area contributed by atoms with E-state index >= 15 is 0 Å². The molecule has 8 heteroatoms. The fourth-order valence-corrected chi connectivity index (χ4v) is 1.21. The van der Waals surface area contributed by atoms with E-state index in [2.05, 4.69) is 15.0 Å². The molecule has 0 amide bonds. The molecule has 1 aromatic rings. The molecule has 0 spiro atoms. The van der Waals surface area contributed by atoms with Gasteiger partial charge in [-0.2, -0.15) is 9.97 Å². The zero-order valence-electron chi connectivity index (χ0n) is 10.4. The van der Waals surface area contributed by atoms with E-state index in [0.29, 0.717) is 26.4 Å². The van der Waals surface area contributed by atoms with Gasteiger partial charge in [-0.25, -0.2) is 0 Å². The SMILES string of the molecule is COCCCOCCOc1nc(Cl)nc(OC)n1. The Kier molecular flexibility index (Phi) is 7.31. The summed E-state index contributed by atoms with van der Waals surface area (Å²) in [4.78, 5) is 11.4. The van der Waals surface area contributed by atoms with Crippen LogP contribution in [0, 0.1) is 0 Å². The molecule has 0 aliphatic rings. The standard InChI is InChI=1S/C10H16ClN3O4/c1-15-4-3-5-17-6-7-18-10-13-8(11)12-9(14-10)16-2/h3-7H2,1-2H3. The summed E-state index contributed by atoms with van der Waals surface area (Å²) in [5, 5.41) is 0.0258. The van der Waals surface area contributed by atoms with Crippen LogP contribution in [0.4, 0.5) is 0 Å². The molecule has 0 unspecified atom stereocenters. The van der Waals surface area contributed by atoms with E-state index in [9.17, 15) is 0 Å². The Labute approximate surface area is 110 Å². The number of nitrogens with zero attached hydrogens (tertiary/aromatic N) is 3. The number of methoxy groups -OCH3 is 2. The van der Waals surface area contributed by atoms with Gasteiger partial charge in [-0.3, -0.25) is 0 Å². The van der Waals surface area contributed by atoms with Crippen molar-refractivity contribution < 1.29 is 18.9 Å². The Morgan fingerprint density at radius 3 is 2.44 bits per heavy atom. The van der Waals surface area contributed by atoms with Gasteiger partial charge in [0, 0.05) is 20.3 Å². The second-order valence-electron chi connectivity index (χ2n) is 3.18. The lowest BCUT2D eigenvalue weighted by atomic mass is 10.5. The Morgan fingerprint density at radius 2 is 1.72 bits per heavy atom. The van der Waals surface area contributed by atoms with Crippen LogP contribution in [0.2, 0.25) is 5.28 Å². The van der Waals surface area contributed by atoms with Crippen molar-refractivity contribution in [2.24, 2.45) is 0 Å². The van der Waals surface area contributed by atoms with Crippen molar-refractivity contribution in [2.75, 3.05) is 40.6 Å². The molecule has 18 heavy (non-hydrogen) atoms. The minimum Gasteiger partial charge on any atom is -0.467 e. The minimum absolute atomic E-state index is 0.0258. The van der Waals surface area contributed by atoms with Gasteiger partial charge in [-0.15, -0.1) is 4.98 Å². The van der Waals surface area contributed by atoms with Crippen LogP contribution in [0.15, 0.2) is 0 Å². The van der Waals surface area contributed by atoms with Crippen molar-refractivity contribution in [1.29, 1.82) is 0 Å². The molecule has 0 fully saturated rings. The maximum Gasteiger partial charge on any atom is 0.324 e. The van der Waals surface area contributed by atoms with Crippen LogP contribution in [-0.4, -0.2) is 55.6 Å². The molecule has 102 valence electrons. The second kappa shape index (κ2) is 8.84. The van der Waals surface area contributed by atoms with E-state index in [1.54, 1.807) is 7.11 Å². The number of rotatable bonds is 9. The largest absolute Gasteiger partial charge is 0.467 e. The Bertz CT molecular complexity index is 354. The lowest BCUT2D eigenvalue weighted by molar-refractivity contribution is 0.0780. The maximum atomic E-state index is 5.66.